The minimum absolute atomic E-state index is 0.161. The van der Waals surface area contributed by atoms with Crippen molar-refractivity contribution in [1.29, 1.82) is 0 Å². The molecule has 1 aliphatic rings. The highest BCUT2D eigenvalue weighted by Crippen LogP contribution is 2.71. The van der Waals surface area contributed by atoms with Gasteiger partial charge in [-0.3, -0.25) is 4.79 Å². The maximum atomic E-state index is 13.0. The van der Waals surface area contributed by atoms with Gasteiger partial charge in [0.05, 0.1) is 41.7 Å². The third-order valence-electron chi connectivity index (χ3n) is 6.14. The number of carbonyl (C=O) groups excluding carboxylic acids is 1. The predicted octanol–water partition coefficient (Wildman–Crippen LogP) is 3.35. The lowest BCUT2D eigenvalue weighted by Crippen LogP contribution is -2.28. The molecule has 7 heteroatoms. The van der Waals surface area contributed by atoms with Crippen LogP contribution in [0.1, 0.15) is 30.1 Å². The van der Waals surface area contributed by atoms with E-state index in [0.717, 1.165) is 5.56 Å². The van der Waals surface area contributed by atoms with Crippen molar-refractivity contribution in [2.45, 2.75) is 18.9 Å². The first-order chi connectivity index (χ1) is 14.4. The van der Waals surface area contributed by atoms with Crippen LogP contribution in [0, 0.1) is 11.3 Å². The van der Waals surface area contributed by atoms with Crippen LogP contribution in [-0.4, -0.2) is 46.6 Å². The molecule has 2 unspecified atom stereocenters. The highest BCUT2D eigenvalue weighted by atomic mass is 16.5. The smallest absolute Gasteiger partial charge is 0.315 e. The van der Waals surface area contributed by atoms with Gasteiger partial charge in [0.1, 0.15) is 5.41 Å². The van der Waals surface area contributed by atoms with Crippen LogP contribution in [0.2, 0.25) is 0 Å². The quantitative estimate of drug-likeness (QED) is 0.661. The van der Waals surface area contributed by atoms with Crippen LogP contribution in [0.25, 0.3) is 0 Å². The highest BCUT2D eigenvalue weighted by Gasteiger charge is 2.72. The Morgan fingerprint density at radius 3 is 1.93 bits per heavy atom. The number of carbonyl (C=O) groups is 1. The first kappa shape index (κ1) is 21.8. The third-order valence-corrected chi connectivity index (χ3v) is 6.14. The summed E-state index contributed by atoms with van der Waals surface area (Å²) in [7, 11) is 7.53. The van der Waals surface area contributed by atoms with Gasteiger partial charge in [-0.25, -0.2) is 0 Å². The fraction of sp³-hybridized carbons (Fsp3) is 0.435. The number of rotatable bonds is 8. The summed E-state index contributed by atoms with van der Waals surface area (Å²) in [6.07, 6.45) is -1.10. The van der Waals surface area contributed by atoms with Crippen molar-refractivity contribution in [1.82, 2.24) is 0 Å². The summed E-state index contributed by atoms with van der Waals surface area (Å²) in [4.78, 5) is 13.0. The second kappa shape index (κ2) is 8.44. The fourth-order valence-electron chi connectivity index (χ4n) is 4.52. The van der Waals surface area contributed by atoms with Gasteiger partial charge in [-0.2, -0.15) is 0 Å². The van der Waals surface area contributed by atoms with Gasteiger partial charge in [0.2, 0.25) is 0 Å². The fourth-order valence-corrected chi connectivity index (χ4v) is 4.52. The van der Waals surface area contributed by atoms with E-state index in [2.05, 4.69) is 0 Å². The van der Waals surface area contributed by atoms with Gasteiger partial charge in [-0.15, -0.1) is 0 Å². The molecule has 0 bridgehead atoms. The minimum Gasteiger partial charge on any atom is -0.493 e. The molecule has 4 atom stereocenters. The zero-order chi connectivity index (χ0) is 22.1. The third kappa shape index (κ3) is 3.23. The van der Waals surface area contributed by atoms with Crippen molar-refractivity contribution in [3.05, 3.63) is 47.5 Å². The summed E-state index contributed by atoms with van der Waals surface area (Å²) in [5.41, 5.74) is 0.284. The minimum atomic E-state index is -1.13. The Hall–Kier alpha value is -2.93. The number of ether oxygens (including phenoxy) is 5. The first-order valence-corrected chi connectivity index (χ1v) is 9.60. The summed E-state index contributed by atoms with van der Waals surface area (Å²) >= 11 is 0. The molecule has 1 aliphatic carbocycles. The summed E-state index contributed by atoms with van der Waals surface area (Å²) in [5.74, 6) is 1.30. The molecule has 1 N–H and O–H groups in total. The van der Waals surface area contributed by atoms with E-state index < -0.39 is 17.5 Å². The number of hydrogen-bond donors (Lipinski definition) is 1. The maximum Gasteiger partial charge on any atom is 0.315 e. The van der Waals surface area contributed by atoms with E-state index in [-0.39, 0.29) is 11.8 Å². The van der Waals surface area contributed by atoms with Crippen LogP contribution in [0.3, 0.4) is 0 Å². The Morgan fingerprint density at radius 2 is 1.40 bits per heavy atom. The lowest BCUT2D eigenvalue weighted by molar-refractivity contribution is -0.153. The Bertz CT molecular complexity index is 866. The molecular formula is C23H28O7. The summed E-state index contributed by atoms with van der Waals surface area (Å²) in [6, 6.07) is 10.6. The van der Waals surface area contributed by atoms with Crippen LogP contribution >= 0.6 is 0 Å². The molecule has 2 aromatic rings. The number of benzene rings is 2. The summed E-state index contributed by atoms with van der Waals surface area (Å²) in [5, 5.41) is 11.4. The molecule has 2 aromatic carbocycles. The van der Waals surface area contributed by atoms with E-state index in [1.165, 1.54) is 14.2 Å². The molecule has 0 aliphatic heterocycles. The molecule has 1 fully saturated rings. The van der Waals surface area contributed by atoms with Crippen molar-refractivity contribution in [3.63, 3.8) is 0 Å². The van der Waals surface area contributed by atoms with Crippen LogP contribution in [0.5, 0.6) is 23.0 Å². The van der Waals surface area contributed by atoms with Crippen molar-refractivity contribution in [2.75, 3.05) is 35.5 Å². The van der Waals surface area contributed by atoms with Crippen molar-refractivity contribution >= 4 is 5.97 Å². The molecule has 0 aromatic heterocycles. The van der Waals surface area contributed by atoms with E-state index in [0.29, 0.717) is 28.6 Å². The molecular weight excluding hydrogens is 388 g/mol. The van der Waals surface area contributed by atoms with E-state index >= 15 is 0 Å². The number of aliphatic hydroxyl groups is 1. The average Bonchev–Trinajstić information content (AvgIpc) is 3.42. The van der Waals surface area contributed by atoms with Crippen molar-refractivity contribution in [2.24, 2.45) is 11.3 Å². The van der Waals surface area contributed by atoms with Gasteiger partial charge < -0.3 is 28.8 Å². The Kier molecular flexibility index (Phi) is 6.12. The zero-order valence-electron chi connectivity index (χ0n) is 18.1. The molecule has 0 radical (unpaired) electrons. The summed E-state index contributed by atoms with van der Waals surface area (Å²) in [6.45, 7) is 1.93. The van der Waals surface area contributed by atoms with E-state index in [9.17, 15) is 9.90 Å². The van der Waals surface area contributed by atoms with Crippen LogP contribution in [0.4, 0.5) is 0 Å². The lowest BCUT2D eigenvalue weighted by atomic mass is 9.87. The van der Waals surface area contributed by atoms with Gasteiger partial charge in [0, 0.05) is 5.92 Å². The second-order valence-corrected chi connectivity index (χ2v) is 7.32. The second-order valence-electron chi connectivity index (χ2n) is 7.32. The van der Waals surface area contributed by atoms with Crippen LogP contribution in [-0.2, 0) is 9.53 Å². The molecule has 0 spiro atoms. The average molecular weight is 416 g/mol. The van der Waals surface area contributed by atoms with Crippen LogP contribution in [0.15, 0.2) is 36.4 Å². The normalized spacial score (nSPS) is 23.3. The van der Waals surface area contributed by atoms with E-state index in [1.54, 1.807) is 45.6 Å². The number of esters is 1. The number of hydrogen-bond acceptors (Lipinski definition) is 7. The van der Waals surface area contributed by atoms with Crippen molar-refractivity contribution < 1.29 is 33.6 Å². The molecule has 3 rings (SSSR count). The monoisotopic (exact) mass is 416 g/mol. The Morgan fingerprint density at radius 1 is 0.867 bits per heavy atom. The van der Waals surface area contributed by atoms with Crippen molar-refractivity contribution in [3.8, 4) is 23.0 Å². The standard InChI is InChI=1S/C23H28O7/c1-13-20(14-7-9-16(26-2)18(11-14)28-4)23(13,22(25)30-6)21(24)15-8-10-17(27-3)19(12-15)29-5/h7-13,20-21,24H,1-6H3/t13?,20-,21?,23-/m1/s1. The molecule has 1 saturated carbocycles. The predicted molar refractivity (Wildman–Crippen MR) is 110 cm³/mol. The van der Waals surface area contributed by atoms with E-state index in [1.807, 2.05) is 19.1 Å². The van der Waals surface area contributed by atoms with Gasteiger partial charge in [-0.05, 0) is 41.3 Å². The lowest BCUT2D eigenvalue weighted by Gasteiger charge is -2.24. The molecule has 7 nitrogen and oxygen atoms in total. The van der Waals surface area contributed by atoms with Gasteiger partial charge in [-0.1, -0.05) is 19.1 Å². The Balaban J connectivity index is 2.05. The zero-order valence-corrected chi connectivity index (χ0v) is 18.1. The SMILES string of the molecule is COC(=O)[C@]1(C(O)c2ccc(OC)c(OC)c2)C(C)[C@@H]1c1ccc(OC)c(OC)c1. The number of aliphatic hydroxyl groups excluding tert-OH is 1. The molecule has 162 valence electrons. The Labute approximate surface area is 176 Å². The molecule has 0 heterocycles. The maximum absolute atomic E-state index is 13.0. The molecule has 0 saturated heterocycles. The largest absolute Gasteiger partial charge is 0.493 e. The summed E-state index contributed by atoms with van der Waals surface area (Å²) < 4.78 is 26.5. The number of methoxy groups -OCH3 is 5. The molecule has 0 amide bonds. The van der Waals surface area contributed by atoms with Gasteiger partial charge >= 0.3 is 5.97 Å². The van der Waals surface area contributed by atoms with Crippen LogP contribution < -0.4 is 18.9 Å². The van der Waals surface area contributed by atoms with E-state index in [4.69, 9.17) is 23.7 Å². The highest BCUT2D eigenvalue weighted by molar-refractivity contribution is 5.84. The van der Waals surface area contributed by atoms with Gasteiger partial charge in [0.25, 0.3) is 0 Å². The van der Waals surface area contributed by atoms with Gasteiger partial charge in [0.15, 0.2) is 23.0 Å². The topological polar surface area (TPSA) is 83.5 Å². The first-order valence-electron chi connectivity index (χ1n) is 9.60. The molecule has 30 heavy (non-hydrogen) atoms.